The number of imidazole rings is 2. The van der Waals surface area contributed by atoms with Gasteiger partial charge in [0.15, 0.2) is 11.3 Å². The molecule has 130 valence electrons. The maximum Gasteiger partial charge on any atom is 0.154 e. The Morgan fingerprint density at radius 3 is 2.20 bits per heavy atom. The molecule has 0 saturated heterocycles. The van der Waals surface area contributed by atoms with Crippen LogP contribution in [0.2, 0.25) is 5.15 Å². The fourth-order valence-electron chi connectivity index (χ4n) is 1.95. The average molecular weight is 584 g/mol. The third-order valence-corrected chi connectivity index (χ3v) is 4.70. The van der Waals surface area contributed by atoms with Gasteiger partial charge in [-0.3, -0.25) is 0 Å². The monoisotopic (exact) mass is 583 g/mol. The largest absolute Gasteiger partial charge is 0.395 e. The van der Waals surface area contributed by atoms with Crippen molar-refractivity contribution in [3.63, 3.8) is 0 Å². The number of aliphatic hydroxyl groups is 1. The summed E-state index contributed by atoms with van der Waals surface area (Å²) in [6, 6.07) is 7.28. The van der Waals surface area contributed by atoms with Crippen LogP contribution >= 0.6 is 56.8 Å². The van der Waals surface area contributed by atoms with Crippen molar-refractivity contribution in [1.29, 1.82) is 0 Å². The maximum atomic E-state index is 8.64. The Hall–Kier alpha value is -1.25. The van der Waals surface area contributed by atoms with Gasteiger partial charge in [0.05, 0.1) is 19.0 Å². The van der Waals surface area contributed by atoms with Crippen molar-refractivity contribution < 1.29 is 5.11 Å². The predicted octanol–water partition coefficient (Wildman–Crippen LogP) is 2.73. The van der Waals surface area contributed by atoms with Crippen molar-refractivity contribution in [3.05, 3.63) is 49.2 Å². The van der Waals surface area contributed by atoms with Gasteiger partial charge in [-0.25, -0.2) is 19.0 Å². The summed E-state index contributed by atoms with van der Waals surface area (Å²) in [7, 11) is 0. The van der Waals surface area contributed by atoms with Gasteiger partial charge < -0.3 is 10.4 Å². The quantitative estimate of drug-likeness (QED) is 0.361. The summed E-state index contributed by atoms with van der Waals surface area (Å²) in [6.45, 7) is 0.602. The first kappa shape index (κ1) is 18.5. The minimum Gasteiger partial charge on any atom is -0.395 e. The van der Waals surface area contributed by atoms with E-state index >= 15 is 0 Å². The molecule has 8 nitrogen and oxygen atoms in total. The summed E-state index contributed by atoms with van der Waals surface area (Å²) in [5.74, 6) is 0.738. The molecular weight excluding hydrogens is 571 g/mol. The molecular formula is C14H12ClI2N7O. The summed E-state index contributed by atoms with van der Waals surface area (Å²) >= 11 is 10.0. The van der Waals surface area contributed by atoms with Crippen LogP contribution in [0.25, 0.3) is 11.3 Å². The van der Waals surface area contributed by atoms with Gasteiger partial charge >= 0.3 is 0 Å². The van der Waals surface area contributed by atoms with Crippen molar-refractivity contribution in [2.75, 3.05) is 18.5 Å². The Kier molecular flexibility index (Phi) is 6.24. The molecule has 0 atom stereocenters. The predicted molar refractivity (Wildman–Crippen MR) is 112 cm³/mol. The van der Waals surface area contributed by atoms with E-state index in [1.54, 1.807) is 27.5 Å². The standard InChI is InChI=1S/C8H9IN4O.C6H3ClIN3/c9-6-5-11-8-2-1-7(10-3-4-14)12-13(6)8;7-4-1-2-6-9-3-5(8)11(6)10-4/h1-2,5,14H,3-4H2,(H,10,12);1-3H. The number of nitrogens with zero attached hydrogens (tertiary/aromatic N) is 6. The Balaban J connectivity index is 0.000000150. The molecule has 0 aromatic carbocycles. The lowest BCUT2D eigenvalue weighted by Gasteiger charge is -2.03. The van der Waals surface area contributed by atoms with Crippen molar-refractivity contribution >= 4 is 73.9 Å². The van der Waals surface area contributed by atoms with E-state index in [1.807, 2.05) is 18.2 Å². The Morgan fingerprint density at radius 2 is 1.56 bits per heavy atom. The second-order valence-electron chi connectivity index (χ2n) is 4.73. The molecule has 0 unspecified atom stereocenters. The first-order chi connectivity index (χ1) is 12.1. The zero-order valence-corrected chi connectivity index (χ0v) is 17.7. The highest BCUT2D eigenvalue weighted by Gasteiger charge is 2.02. The molecule has 25 heavy (non-hydrogen) atoms. The topological polar surface area (TPSA) is 92.6 Å². The van der Waals surface area contributed by atoms with Crippen LogP contribution in [0, 0.1) is 7.40 Å². The fraction of sp³-hybridized carbons (Fsp3) is 0.143. The van der Waals surface area contributed by atoms with Crippen LogP contribution in [0.5, 0.6) is 0 Å². The third-order valence-electron chi connectivity index (χ3n) is 3.03. The van der Waals surface area contributed by atoms with Crippen LogP contribution < -0.4 is 5.32 Å². The minimum absolute atomic E-state index is 0.0980. The van der Waals surface area contributed by atoms with E-state index in [-0.39, 0.29) is 6.61 Å². The second kappa shape index (κ2) is 8.42. The summed E-state index contributed by atoms with van der Waals surface area (Å²) in [4.78, 5) is 8.25. The van der Waals surface area contributed by atoms with Crippen molar-refractivity contribution in [2.24, 2.45) is 0 Å². The van der Waals surface area contributed by atoms with Crippen LogP contribution in [0.1, 0.15) is 0 Å². The number of nitrogens with one attached hydrogen (secondary N) is 1. The van der Waals surface area contributed by atoms with E-state index in [0.717, 1.165) is 24.5 Å². The Morgan fingerprint density at radius 1 is 0.960 bits per heavy atom. The number of anilines is 1. The van der Waals surface area contributed by atoms with Gasteiger partial charge in [-0.05, 0) is 69.4 Å². The van der Waals surface area contributed by atoms with Gasteiger partial charge in [0.1, 0.15) is 18.4 Å². The molecule has 11 heteroatoms. The summed E-state index contributed by atoms with van der Waals surface area (Å²) in [5, 5.41) is 20.5. The van der Waals surface area contributed by atoms with Crippen LogP contribution in [0.4, 0.5) is 5.82 Å². The van der Waals surface area contributed by atoms with Gasteiger partial charge in [-0.1, -0.05) is 11.6 Å². The number of fused-ring (bicyclic) bond motifs is 2. The first-order valence-electron chi connectivity index (χ1n) is 7.09. The molecule has 0 bridgehead atoms. The van der Waals surface area contributed by atoms with E-state index in [4.69, 9.17) is 16.7 Å². The molecule has 4 heterocycles. The fourth-order valence-corrected chi connectivity index (χ4v) is 3.07. The lowest BCUT2D eigenvalue weighted by Crippen LogP contribution is -2.08. The maximum absolute atomic E-state index is 8.64. The van der Waals surface area contributed by atoms with Crippen LogP contribution in [0.3, 0.4) is 0 Å². The number of aliphatic hydroxyl groups excluding tert-OH is 1. The van der Waals surface area contributed by atoms with E-state index in [1.165, 1.54) is 0 Å². The van der Waals surface area contributed by atoms with Gasteiger partial charge in [0.2, 0.25) is 0 Å². The van der Waals surface area contributed by atoms with E-state index in [9.17, 15) is 0 Å². The molecule has 0 aliphatic rings. The molecule has 0 radical (unpaired) electrons. The molecule has 4 rings (SSSR count). The Bertz CT molecular complexity index is 1000. The van der Waals surface area contributed by atoms with Gasteiger partial charge in [-0.2, -0.15) is 5.10 Å². The van der Waals surface area contributed by atoms with Crippen molar-refractivity contribution in [2.45, 2.75) is 0 Å². The minimum atomic E-state index is 0.0980. The normalized spacial score (nSPS) is 10.7. The summed E-state index contributed by atoms with van der Waals surface area (Å²) < 4.78 is 5.37. The zero-order valence-electron chi connectivity index (χ0n) is 12.6. The first-order valence-corrected chi connectivity index (χ1v) is 9.63. The van der Waals surface area contributed by atoms with Gasteiger partial charge in [0, 0.05) is 6.54 Å². The zero-order chi connectivity index (χ0) is 17.8. The van der Waals surface area contributed by atoms with Gasteiger partial charge in [-0.15, -0.1) is 5.10 Å². The molecule has 0 fully saturated rings. The van der Waals surface area contributed by atoms with E-state index in [2.05, 4.69) is 70.7 Å². The highest BCUT2D eigenvalue weighted by Crippen LogP contribution is 2.11. The van der Waals surface area contributed by atoms with Crippen molar-refractivity contribution in [1.82, 2.24) is 29.2 Å². The number of aromatic nitrogens is 6. The lowest BCUT2D eigenvalue weighted by molar-refractivity contribution is 0.311. The molecule has 4 aromatic rings. The summed E-state index contributed by atoms with van der Waals surface area (Å²) in [6.07, 6.45) is 3.51. The molecule has 0 saturated carbocycles. The molecule has 0 spiro atoms. The van der Waals surface area contributed by atoms with Crippen LogP contribution in [0.15, 0.2) is 36.7 Å². The molecule has 4 aromatic heterocycles. The highest BCUT2D eigenvalue weighted by atomic mass is 127. The molecule has 2 N–H and O–H groups in total. The van der Waals surface area contributed by atoms with Crippen LogP contribution in [-0.4, -0.2) is 47.5 Å². The lowest BCUT2D eigenvalue weighted by atomic mass is 10.5. The number of hydrogen-bond donors (Lipinski definition) is 2. The average Bonchev–Trinajstić information content (AvgIpc) is 3.17. The highest BCUT2D eigenvalue weighted by molar-refractivity contribution is 14.1. The van der Waals surface area contributed by atoms with E-state index < -0.39 is 0 Å². The van der Waals surface area contributed by atoms with Crippen LogP contribution in [-0.2, 0) is 0 Å². The van der Waals surface area contributed by atoms with E-state index in [0.29, 0.717) is 11.7 Å². The second-order valence-corrected chi connectivity index (χ2v) is 7.32. The smallest absolute Gasteiger partial charge is 0.154 e. The number of halogens is 3. The molecule has 0 amide bonds. The number of hydrogen-bond acceptors (Lipinski definition) is 6. The molecule has 0 aliphatic heterocycles. The SMILES string of the molecule is Clc1ccc2ncc(I)n2n1.OCCNc1ccc2ncc(I)n2n1. The Labute approximate surface area is 174 Å². The van der Waals surface area contributed by atoms with Crippen molar-refractivity contribution in [3.8, 4) is 0 Å². The number of rotatable bonds is 3. The third kappa shape index (κ3) is 4.48. The van der Waals surface area contributed by atoms with Gasteiger partial charge in [0.25, 0.3) is 0 Å². The molecule has 0 aliphatic carbocycles. The summed E-state index contributed by atoms with van der Waals surface area (Å²) in [5.41, 5.74) is 1.64.